The van der Waals surface area contributed by atoms with Crippen LogP contribution in [0.4, 0.5) is 27.6 Å². The molecule has 7 heteroatoms. The average Bonchev–Trinajstić information content (AvgIpc) is 2.20. The van der Waals surface area contributed by atoms with Crippen LogP contribution in [0, 0.1) is 11.6 Å². The smallest absolute Gasteiger partial charge is 0.378 e. The molecule has 0 aliphatic carbocycles. The van der Waals surface area contributed by atoms with E-state index >= 15 is 0 Å². The molecule has 0 amide bonds. The van der Waals surface area contributed by atoms with Crippen LogP contribution < -0.4 is 5.32 Å². The average molecular weight is 255 g/mol. The lowest BCUT2D eigenvalue weighted by molar-refractivity contribution is -0.172. The number of nitrogens with one attached hydrogen (secondary N) is 1. The van der Waals surface area contributed by atoms with E-state index in [1.54, 1.807) is 0 Å². The summed E-state index contributed by atoms with van der Waals surface area (Å²) in [7, 11) is 0. The van der Waals surface area contributed by atoms with E-state index in [9.17, 15) is 22.0 Å². The Labute approximate surface area is 94.4 Å². The first kappa shape index (κ1) is 13.7. The van der Waals surface area contributed by atoms with Crippen LogP contribution in [0.3, 0.4) is 0 Å². The molecule has 0 bridgehead atoms. The molecule has 0 fully saturated rings. The third-order valence-electron chi connectivity index (χ3n) is 1.78. The van der Waals surface area contributed by atoms with Crippen molar-refractivity contribution in [1.29, 1.82) is 0 Å². The molecule has 2 nitrogen and oxygen atoms in total. The monoisotopic (exact) mass is 255 g/mol. The third kappa shape index (κ3) is 4.99. The van der Waals surface area contributed by atoms with Gasteiger partial charge in [0.15, 0.2) is 0 Å². The fourth-order valence-electron chi connectivity index (χ4n) is 1.10. The highest BCUT2D eigenvalue weighted by atomic mass is 19.4. The molecule has 96 valence electrons. The number of para-hydroxylation sites is 1. The lowest BCUT2D eigenvalue weighted by Crippen LogP contribution is -2.20. The van der Waals surface area contributed by atoms with Gasteiger partial charge in [-0.05, 0) is 12.1 Å². The van der Waals surface area contributed by atoms with Gasteiger partial charge in [-0.3, -0.25) is 0 Å². The van der Waals surface area contributed by atoms with Crippen LogP contribution in [0.15, 0.2) is 18.2 Å². The molecular formula is C10H10F5NO. The van der Waals surface area contributed by atoms with Crippen LogP contribution in [0.1, 0.15) is 0 Å². The van der Waals surface area contributed by atoms with Crippen molar-refractivity contribution >= 4 is 5.69 Å². The SMILES string of the molecule is Fc1cccc(F)c1NCCOCC(F)(F)F. The molecule has 0 heterocycles. The second-order valence-corrected chi connectivity index (χ2v) is 3.19. The van der Waals surface area contributed by atoms with Crippen molar-refractivity contribution in [3.05, 3.63) is 29.8 Å². The summed E-state index contributed by atoms with van der Waals surface area (Å²) in [6, 6.07) is 3.28. The predicted molar refractivity (Wildman–Crippen MR) is 51.7 cm³/mol. The molecule has 0 aromatic heterocycles. The van der Waals surface area contributed by atoms with Gasteiger partial charge in [0.25, 0.3) is 0 Å². The maximum Gasteiger partial charge on any atom is 0.411 e. The molecule has 0 saturated carbocycles. The summed E-state index contributed by atoms with van der Waals surface area (Å²) in [5.74, 6) is -1.61. The predicted octanol–water partition coefficient (Wildman–Crippen LogP) is 2.96. The van der Waals surface area contributed by atoms with E-state index in [0.717, 1.165) is 12.1 Å². The Balaban J connectivity index is 2.32. The Morgan fingerprint density at radius 1 is 1.12 bits per heavy atom. The van der Waals surface area contributed by atoms with Crippen molar-refractivity contribution in [3.63, 3.8) is 0 Å². The Kier molecular flexibility index (Phi) is 4.68. The molecular weight excluding hydrogens is 245 g/mol. The zero-order valence-corrected chi connectivity index (χ0v) is 8.65. The topological polar surface area (TPSA) is 21.3 Å². The molecule has 0 saturated heterocycles. The number of alkyl halides is 3. The Morgan fingerprint density at radius 3 is 2.24 bits per heavy atom. The van der Waals surface area contributed by atoms with Crippen molar-refractivity contribution in [2.75, 3.05) is 25.1 Å². The maximum absolute atomic E-state index is 13.0. The van der Waals surface area contributed by atoms with Gasteiger partial charge in [-0.15, -0.1) is 0 Å². The van der Waals surface area contributed by atoms with E-state index in [2.05, 4.69) is 10.1 Å². The zero-order valence-electron chi connectivity index (χ0n) is 8.65. The quantitative estimate of drug-likeness (QED) is 0.645. The van der Waals surface area contributed by atoms with Gasteiger partial charge in [0.05, 0.1) is 6.61 Å². The lowest BCUT2D eigenvalue weighted by Gasteiger charge is -2.10. The molecule has 0 atom stereocenters. The zero-order chi connectivity index (χ0) is 12.9. The summed E-state index contributed by atoms with van der Waals surface area (Å²) in [6.07, 6.45) is -4.40. The molecule has 0 aliphatic rings. The molecule has 0 aliphatic heterocycles. The molecule has 1 aromatic carbocycles. The number of halogens is 5. The molecule has 0 spiro atoms. The van der Waals surface area contributed by atoms with Crippen LogP contribution in [0.5, 0.6) is 0 Å². The third-order valence-corrected chi connectivity index (χ3v) is 1.78. The van der Waals surface area contributed by atoms with Gasteiger partial charge in [-0.2, -0.15) is 13.2 Å². The largest absolute Gasteiger partial charge is 0.411 e. The molecule has 17 heavy (non-hydrogen) atoms. The maximum atomic E-state index is 13.0. The van der Waals surface area contributed by atoms with Gasteiger partial charge in [-0.1, -0.05) is 6.07 Å². The number of hydrogen-bond donors (Lipinski definition) is 1. The van der Waals surface area contributed by atoms with Crippen molar-refractivity contribution in [2.24, 2.45) is 0 Å². The highest BCUT2D eigenvalue weighted by Gasteiger charge is 2.27. The lowest BCUT2D eigenvalue weighted by atomic mass is 10.3. The number of benzene rings is 1. The molecule has 0 unspecified atom stereocenters. The summed E-state index contributed by atoms with van der Waals surface area (Å²) < 4.78 is 65.3. The fourth-order valence-corrected chi connectivity index (χ4v) is 1.10. The standard InChI is InChI=1S/C10H10F5NO/c11-7-2-1-3-8(12)9(7)16-4-5-17-6-10(13,14)15/h1-3,16H,4-6H2. The van der Waals surface area contributed by atoms with Crippen LogP contribution in [-0.2, 0) is 4.74 Å². The first-order valence-corrected chi connectivity index (χ1v) is 4.72. The summed E-state index contributed by atoms with van der Waals surface area (Å²) >= 11 is 0. The minimum absolute atomic E-state index is 0.117. The van der Waals surface area contributed by atoms with Gasteiger partial charge in [0.2, 0.25) is 0 Å². The number of rotatable bonds is 5. The Morgan fingerprint density at radius 2 is 1.71 bits per heavy atom. The van der Waals surface area contributed by atoms with E-state index in [1.807, 2.05) is 0 Å². The van der Waals surface area contributed by atoms with E-state index in [0.29, 0.717) is 0 Å². The van der Waals surface area contributed by atoms with Gasteiger partial charge < -0.3 is 10.1 Å². The van der Waals surface area contributed by atoms with Crippen LogP contribution >= 0.6 is 0 Å². The number of anilines is 1. The van der Waals surface area contributed by atoms with Gasteiger partial charge in [0, 0.05) is 6.54 Å². The molecule has 1 aromatic rings. The summed E-state index contributed by atoms with van der Waals surface area (Å²) in [6.45, 7) is -1.80. The first-order chi connectivity index (χ1) is 7.90. The minimum Gasteiger partial charge on any atom is -0.378 e. The molecule has 1 rings (SSSR count). The summed E-state index contributed by atoms with van der Waals surface area (Å²) in [4.78, 5) is 0. The van der Waals surface area contributed by atoms with Crippen LogP contribution in [0.2, 0.25) is 0 Å². The van der Waals surface area contributed by atoms with Gasteiger partial charge >= 0.3 is 6.18 Å². The van der Waals surface area contributed by atoms with E-state index in [1.165, 1.54) is 6.07 Å². The number of ether oxygens (including phenoxy) is 1. The van der Waals surface area contributed by atoms with Crippen molar-refractivity contribution in [3.8, 4) is 0 Å². The summed E-state index contributed by atoms with van der Waals surface area (Å²) in [5, 5.41) is 2.33. The van der Waals surface area contributed by atoms with Crippen LogP contribution in [0.25, 0.3) is 0 Å². The van der Waals surface area contributed by atoms with Gasteiger partial charge in [-0.25, -0.2) is 8.78 Å². The van der Waals surface area contributed by atoms with Crippen LogP contribution in [-0.4, -0.2) is 25.9 Å². The van der Waals surface area contributed by atoms with E-state index in [-0.39, 0.29) is 18.8 Å². The second kappa shape index (κ2) is 5.81. The van der Waals surface area contributed by atoms with Crippen molar-refractivity contribution < 1.29 is 26.7 Å². The number of hydrogen-bond acceptors (Lipinski definition) is 2. The Hall–Kier alpha value is -1.37. The second-order valence-electron chi connectivity index (χ2n) is 3.19. The van der Waals surface area contributed by atoms with Gasteiger partial charge in [0.1, 0.15) is 23.9 Å². The van der Waals surface area contributed by atoms with Crippen molar-refractivity contribution in [2.45, 2.75) is 6.18 Å². The minimum atomic E-state index is -4.40. The molecule has 1 N–H and O–H groups in total. The molecule has 0 radical (unpaired) electrons. The summed E-state index contributed by atoms with van der Waals surface area (Å²) in [5.41, 5.74) is -0.372. The normalized spacial score (nSPS) is 11.6. The van der Waals surface area contributed by atoms with E-state index in [4.69, 9.17) is 0 Å². The first-order valence-electron chi connectivity index (χ1n) is 4.72. The highest BCUT2D eigenvalue weighted by molar-refractivity contribution is 5.45. The van der Waals surface area contributed by atoms with E-state index < -0.39 is 24.4 Å². The highest BCUT2D eigenvalue weighted by Crippen LogP contribution is 2.17. The fraction of sp³-hybridized carbons (Fsp3) is 0.400. The Bertz CT molecular complexity index is 346. The van der Waals surface area contributed by atoms with Crippen molar-refractivity contribution in [1.82, 2.24) is 0 Å².